The highest BCUT2D eigenvalue weighted by molar-refractivity contribution is 4.82. The van der Waals surface area contributed by atoms with E-state index in [9.17, 15) is 0 Å². The fourth-order valence-electron chi connectivity index (χ4n) is 5.39. The molecule has 0 aromatic rings. The first-order valence-corrected chi connectivity index (χ1v) is 13.6. The van der Waals surface area contributed by atoms with E-state index in [1.54, 1.807) is 0 Å². The molecule has 0 N–H and O–H groups in total. The van der Waals surface area contributed by atoms with Gasteiger partial charge in [-0.2, -0.15) is 0 Å². The lowest BCUT2D eigenvalue weighted by molar-refractivity contribution is 0.118. The van der Waals surface area contributed by atoms with E-state index in [0.29, 0.717) is 16.2 Å². The van der Waals surface area contributed by atoms with Gasteiger partial charge in [0.2, 0.25) is 0 Å². The van der Waals surface area contributed by atoms with E-state index in [4.69, 9.17) is 0 Å². The molecule has 3 fully saturated rings. The molecule has 192 valence electrons. The number of rotatable bonds is 0. The van der Waals surface area contributed by atoms with Gasteiger partial charge in [0.15, 0.2) is 0 Å². The van der Waals surface area contributed by atoms with Crippen molar-refractivity contribution >= 4 is 0 Å². The van der Waals surface area contributed by atoms with Crippen molar-refractivity contribution in [3.05, 3.63) is 0 Å². The zero-order chi connectivity index (χ0) is 24.7. The fourth-order valence-corrected chi connectivity index (χ4v) is 5.39. The topological polar surface area (TPSA) is 9.72 Å². The molecule has 0 radical (unpaired) electrons. The van der Waals surface area contributed by atoms with Crippen LogP contribution in [0.1, 0.15) is 94.4 Å². The van der Waals surface area contributed by atoms with E-state index < -0.39 is 0 Å². The fraction of sp³-hybridized carbons (Fsp3) is 1.00. The second-order valence-corrected chi connectivity index (χ2v) is 14.5. The van der Waals surface area contributed by atoms with E-state index in [-0.39, 0.29) is 0 Å². The predicted octanol–water partition coefficient (Wildman–Crippen LogP) is 6.73. The smallest absolute Gasteiger partial charge is 0.00121 e. The molecule has 0 bridgehead atoms. The van der Waals surface area contributed by atoms with Crippen molar-refractivity contribution in [2.45, 2.75) is 94.4 Å². The molecule has 3 heterocycles. The average molecular weight is 452 g/mol. The lowest BCUT2D eigenvalue weighted by Gasteiger charge is -2.38. The third-order valence-corrected chi connectivity index (χ3v) is 8.41. The van der Waals surface area contributed by atoms with Gasteiger partial charge >= 0.3 is 0 Å². The Morgan fingerprint density at radius 3 is 1.09 bits per heavy atom. The summed E-state index contributed by atoms with van der Waals surface area (Å²) in [6.45, 7) is 29.0. The minimum atomic E-state index is 0.509. The van der Waals surface area contributed by atoms with E-state index in [1.165, 1.54) is 71.4 Å². The van der Waals surface area contributed by atoms with E-state index in [1.807, 2.05) is 0 Å². The van der Waals surface area contributed by atoms with Crippen molar-refractivity contribution < 1.29 is 0 Å². The van der Waals surface area contributed by atoms with Crippen LogP contribution in [0.2, 0.25) is 0 Å². The van der Waals surface area contributed by atoms with Crippen LogP contribution >= 0.6 is 0 Å². The Hall–Kier alpha value is -0.120. The van der Waals surface area contributed by atoms with Crippen molar-refractivity contribution in [1.82, 2.24) is 14.7 Å². The molecule has 0 aromatic carbocycles. The predicted molar refractivity (Wildman–Crippen MR) is 144 cm³/mol. The van der Waals surface area contributed by atoms with Crippen LogP contribution in [0.4, 0.5) is 0 Å². The maximum Gasteiger partial charge on any atom is 0.00121 e. The highest BCUT2D eigenvalue weighted by atomic mass is 15.1. The molecule has 3 aliphatic rings. The van der Waals surface area contributed by atoms with Gasteiger partial charge < -0.3 is 14.7 Å². The Labute approximate surface area is 203 Å². The van der Waals surface area contributed by atoms with Gasteiger partial charge in [-0.3, -0.25) is 0 Å². The molecule has 0 aromatic heterocycles. The lowest BCUT2D eigenvalue weighted by atomic mass is 9.75. The summed E-state index contributed by atoms with van der Waals surface area (Å²) in [6.07, 6.45) is 6.98. The molecule has 2 unspecified atom stereocenters. The normalized spacial score (nSPS) is 27.4. The van der Waals surface area contributed by atoms with Gasteiger partial charge in [-0.1, -0.05) is 62.3 Å². The van der Waals surface area contributed by atoms with Crippen molar-refractivity contribution in [3.63, 3.8) is 0 Å². The molecule has 0 saturated carbocycles. The van der Waals surface area contributed by atoms with Crippen molar-refractivity contribution in [2.24, 2.45) is 34.0 Å². The highest BCUT2D eigenvalue weighted by Gasteiger charge is 2.30. The van der Waals surface area contributed by atoms with Crippen LogP contribution in [-0.2, 0) is 0 Å². The number of nitrogens with zero attached hydrogens (tertiary/aromatic N) is 3. The first kappa shape index (κ1) is 29.9. The molecule has 3 heteroatoms. The molecule has 3 aliphatic heterocycles. The van der Waals surface area contributed by atoms with Gasteiger partial charge in [0.25, 0.3) is 0 Å². The van der Waals surface area contributed by atoms with E-state index in [0.717, 1.165) is 17.8 Å². The summed E-state index contributed by atoms with van der Waals surface area (Å²) < 4.78 is 0. The number of hydrogen-bond acceptors (Lipinski definition) is 3. The van der Waals surface area contributed by atoms with Crippen LogP contribution in [0.15, 0.2) is 0 Å². The summed E-state index contributed by atoms with van der Waals surface area (Å²) in [4.78, 5) is 7.32. The molecule has 0 amide bonds. The van der Waals surface area contributed by atoms with Crippen molar-refractivity contribution in [2.75, 3.05) is 60.4 Å². The lowest BCUT2D eigenvalue weighted by Crippen LogP contribution is -2.38. The second kappa shape index (κ2) is 12.5. The van der Waals surface area contributed by atoms with Gasteiger partial charge in [-0.05, 0) is 113 Å². The third kappa shape index (κ3) is 11.3. The van der Waals surface area contributed by atoms with Crippen LogP contribution in [-0.4, -0.2) is 75.1 Å². The minimum absolute atomic E-state index is 0.509. The van der Waals surface area contributed by atoms with Gasteiger partial charge in [0, 0.05) is 13.1 Å². The quantitative estimate of drug-likeness (QED) is 0.404. The first-order valence-electron chi connectivity index (χ1n) is 13.6. The summed E-state index contributed by atoms with van der Waals surface area (Å²) in [5.41, 5.74) is 1.56. The minimum Gasteiger partial charge on any atom is -0.306 e. The number of hydrogen-bond donors (Lipinski definition) is 0. The van der Waals surface area contributed by atoms with Crippen LogP contribution in [0.3, 0.4) is 0 Å². The zero-order valence-electron chi connectivity index (χ0n) is 24.4. The van der Waals surface area contributed by atoms with Gasteiger partial charge in [-0.25, -0.2) is 0 Å². The Morgan fingerprint density at radius 1 is 0.438 bits per heavy atom. The van der Waals surface area contributed by atoms with E-state index >= 15 is 0 Å². The van der Waals surface area contributed by atoms with Gasteiger partial charge in [-0.15, -0.1) is 0 Å². The number of piperidine rings is 2. The first-order chi connectivity index (χ1) is 14.5. The standard InChI is InChI=1S/2C10H21N.C9H19N/c1-10(2,3)9-5-7-11(4)8-6-9;1-10(2,3)9-6-5-7-11(4)8-9;1-9(2,3)8-5-6-10(4)7-8/h2*9H,5-8H2,1-4H3;8H,5-7H2,1-4H3. The molecule has 3 nitrogen and oxygen atoms in total. The van der Waals surface area contributed by atoms with Crippen LogP contribution in [0.25, 0.3) is 0 Å². The highest BCUT2D eigenvalue weighted by Crippen LogP contribution is 2.34. The molecular weight excluding hydrogens is 390 g/mol. The largest absolute Gasteiger partial charge is 0.306 e. The number of likely N-dealkylation sites (tertiary alicyclic amines) is 3. The van der Waals surface area contributed by atoms with E-state index in [2.05, 4.69) is 98.2 Å². The Morgan fingerprint density at radius 2 is 0.781 bits per heavy atom. The SMILES string of the molecule is CN1CCC(C(C)(C)C)C1.CN1CCC(C(C)(C)C)CC1.CN1CCCC(C(C)(C)C)C1. The van der Waals surface area contributed by atoms with Gasteiger partial charge in [0.05, 0.1) is 0 Å². The van der Waals surface area contributed by atoms with Crippen LogP contribution in [0.5, 0.6) is 0 Å². The summed E-state index contributed by atoms with van der Waals surface area (Å²) in [5.74, 6) is 2.76. The molecule has 32 heavy (non-hydrogen) atoms. The molecular formula is C29H61N3. The Kier molecular flexibility index (Phi) is 11.7. The van der Waals surface area contributed by atoms with Crippen molar-refractivity contribution in [3.8, 4) is 0 Å². The molecule has 0 spiro atoms. The van der Waals surface area contributed by atoms with Crippen LogP contribution in [0, 0.1) is 34.0 Å². The summed E-state index contributed by atoms with van der Waals surface area (Å²) in [5, 5.41) is 0. The molecule has 3 saturated heterocycles. The Bertz CT molecular complexity index is 500. The third-order valence-electron chi connectivity index (χ3n) is 8.41. The van der Waals surface area contributed by atoms with Crippen molar-refractivity contribution in [1.29, 1.82) is 0 Å². The molecule has 0 aliphatic carbocycles. The summed E-state index contributed by atoms with van der Waals surface area (Å²) in [6, 6.07) is 0. The summed E-state index contributed by atoms with van der Waals surface area (Å²) in [7, 11) is 6.67. The maximum atomic E-state index is 2.46. The summed E-state index contributed by atoms with van der Waals surface area (Å²) >= 11 is 0. The maximum absolute atomic E-state index is 2.46. The van der Waals surface area contributed by atoms with Crippen LogP contribution < -0.4 is 0 Å². The molecule has 3 rings (SSSR count). The average Bonchev–Trinajstić information content (AvgIpc) is 3.09. The molecule has 2 atom stereocenters. The Balaban J connectivity index is 0.000000240. The van der Waals surface area contributed by atoms with Gasteiger partial charge in [0.1, 0.15) is 0 Å². The monoisotopic (exact) mass is 451 g/mol. The second-order valence-electron chi connectivity index (χ2n) is 14.5. The zero-order valence-corrected chi connectivity index (χ0v) is 24.4.